The van der Waals surface area contributed by atoms with Crippen LogP contribution in [-0.4, -0.2) is 54.5 Å². The molecule has 1 aromatic heterocycles. The zero-order chi connectivity index (χ0) is 14.8. The van der Waals surface area contributed by atoms with E-state index in [2.05, 4.69) is 9.97 Å². The number of nitrogens with zero attached hydrogens (tertiary/aromatic N) is 3. The topological polar surface area (TPSA) is 73.5 Å². The zero-order valence-corrected chi connectivity index (χ0v) is 12.9. The molecular weight excluding hydrogens is 276 g/mol. The van der Waals surface area contributed by atoms with Gasteiger partial charge in [-0.1, -0.05) is 12.2 Å². The first-order valence-electron chi connectivity index (χ1n) is 6.72. The van der Waals surface area contributed by atoms with Crippen molar-refractivity contribution in [3.63, 3.8) is 0 Å². The molecule has 1 rings (SSSR count). The van der Waals surface area contributed by atoms with Crippen molar-refractivity contribution < 1.29 is 9.47 Å². The first-order valence-corrected chi connectivity index (χ1v) is 7.13. The molecule has 0 saturated heterocycles. The van der Waals surface area contributed by atoms with E-state index in [0.29, 0.717) is 51.2 Å². The molecule has 0 aliphatic heterocycles. The summed E-state index contributed by atoms with van der Waals surface area (Å²) in [5.41, 5.74) is 6.17. The third kappa shape index (κ3) is 5.77. The molecule has 0 spiro atoms. The van der Waals surface area contributed by atoms with Gasteiger partial charge in [-0.05, 0) is 19.9 Å². The molecule has 0 unspecified atom stereocenters. The SMILES string of the molecule is CCOCCN(CCOCC)c1nccc(C(N)=S)n1. The fourth-order valence-corrected chi connectivity index (χ4v) is 1.70. The van der Waals surface area contributed by atoms with E-state index in [9.17, 15) is 0 Å². The van der Waals surface area contributed by atoms with Crippen molar-refractivity contribution in [3.05, 3.63) is 18.0 Å². The zero-order valence-electron chi connectivity index (χ0n) is 12.0. The minimum atomic E-state index is 0.267. The summed E-state index contributed by atoms with van der Waals surface area (Å²) in [6.45, 7) is 7.93. The van der Waals surface area contributed by atoms with Crippen molar-refractivity contribution in [1.82, 2.24) is 9.97 Å². The van der Waals surface area contributed by atoms with E-state index in [0.717, 1.165) is 0 Å². The van der Waals surface area contributed by atoms with E-state index in [1.165, 1.54) is 0 Å². The van der Waals surface area contributed by atoms with Crippen molar-refractivity contribution >= 4 is 23.2 Å². The fraction of sp³-hybridized carbons (Fsp3) is 0.615. The highest BCUT2D eigenvalue weighted by Crippen LogP contribution is 2.07. The first kappa shape index (κ1) is 16.7. The Labute approximate surface area is 125 Å². The lowest BCUT2D eigenvalue weighted by Crippen LogP contribution is -2.33. The standard InChI is InChI=1S/C13H22N4O2S/c1-3-18-9-7-17(8-10-19-4-2)13-15-6-5-11(16-13)12(14)20/h5-6H,3-4,7-10H2,1-2H3,(H2,14,20). The highest BCUT2D eigenvalue weighted by molar-refractivity contribution is 7.80. The second-order valence-corrected chi connectivity index (χ2v) is 4.43. The number of hydrogen-bond donors (Lipinski definition) is 1. The van der Waals surface area contributed by atoms with Crippen molar-refractivity contribution in [2.45, 2.75) is 13.8 Å². The van der Waals surface area contributed by atoms with Crippen molar-refractivity contribution in [3.8, 4) is 0 Å². The predicted molar refractivity (Wildman–Crippen MR) is 83.1 cm³/mol. The monoisotopic (exact) mass is 298 g/mol. The minimum absolute atomic E-state index is 0.267. The fourth-order valence-electron chi connectivity index (χ4n) is 1.59. The lowest BCUT2D eigenvalue weighted by atomic mass is 10.4. The molecule has 0 aliphatic rings. The van der Waals surface area contributed by atoms with Gasteiger partial charge in [0.25, 0.3) is 0 Å². The van der Waals surface area contributed by atoms with Crippen LogP contribution in [0, 0.1) is 0 Å². The number of ether oxygens (including phenoxy) is 2. The molecule has 6 nitrogen and oxygen atoms in total. The second-order valence-electron chi connectivity index (χ2n) is 3.99. The van der Waals surface area contributed by atoms with Crippen molar-refractivity contribution in [1.29, 1.82) is 0 Å². The first-order chi connectivity index (χ1) is 9.69. The maximum Gasteiger partial charge on any atom is 0.226 e. The van der Waals surface area contributed by atoms with Crippen LogP contribution in [0.15, 0.2) is 12.3 Å². The maximum atomic E-state index is 5.60. The summed E-state index contributed by atoms with van der Waals surface area (Å²) < 4.78 is 10.8. The molecule has 0 aromatic carbocycles. The highest BCUT2D eigenvalue weighted by atomic mass is 32.1. The molecule has 0 radical (unpaired) electrons. The van der Waals surface area contributed by atoms with Gasteiger partial charge in [0.1, 0.15) is 10.7 Å². The number of aromatic nitrogens is 2. The van der Waals surface area contributed by atoms with Crippen molar-refractivity contribution in [2.75, 3.05) is 44.4 Å². The largest absolute Gasteiger partial charge is 0.388 e. The lowest BCUT2D eigenvalue weighted by Gasteiger charge is -2.22. The maximum absolute atomic E-state index is 5.60. The molecule has 0 fully saturated rings. The number of thiocarbonyl (C=S) groups is 1. The molecule has 0 saturated carbocycles. The van der Waals surface area contributed by atoms with Gasteiger partial charge >= 0.3 is 0 Å². The van der Waals surface area contributed by atoms with Crippen molar-refractivity contribution in [2.24, 2.45) is 5.73 Å². The van der Waals surface area contributed by atoms with E-state index in [1.807, 2.05) is 18.7 Å². The summed E-state index contributed by atoms with van der Waals surface area (Å²) in [6, 6.07) is 1.70. The molecule has 2 N–H and O–H groups in total. The van der Waals surface area contributed by atoms with Gasteiger partial charge in [0.05, 0.1) is 13.2 Å². The van der Waals surface area contributed by atoms with Crippen LogP contribution in [0.1, 0.15) is 19.5 Å². The molecule has 112 valence electrons. The predicted octanol–water partition coefficient (Wildman–Crippen LogP) is 0.990. The third-order valence-corrected chi connectivity index (χ3v) is 2.81. The molecular formula is C13H22N4O2S. The lowest BCUT2D eigenvalue weighted by molar-refractivity contribution is 0.141. The summed E-state index contributed by atoms with van der Waals surface area (Å²) in [7, 11) is 0. The number of hydrogen-bond acceptors (Lipinski definition) is 6. The number of rotatable bonds is 10. The molecule has 1 aromatic rings. The molecule has 0 aliphatic carbocycles. The quantitative estimate of drug-likeness (QED) is 0.510. The normalized spacial score (nSPS) is 10.5. The Morgan fingerprint density at radius 1 is 1.25 bits per heavy atom. The summed E-state index contributed by atoms with van der Waals surface area (Å²) in [4.78, 5) is 10.9. The van der Waals surface area contributed by atoms with Gasteiger partial charge in [-0.3, -0.25) is 0 Å². The number of nitrogens with two attached hydrogens (primary N) is 1. The summed E-state index contributed by atoms with van der Waals surface area (Å²) in [5.74, 6) is 0.592. The van der Waals surface area contributed by atoms with Gasteiger partial charge < -0.3 is 20.1 Å². The summed E-state index contributed by atoms with van der Waals surface area (Å²) in [6.07, 6.45) is 1.66. The third-order valence-electron chi connectivity index (χ3n) is 2.60. The average molecular weight is 298 g/mol. The Bertz CT molecular complexity index is 407. The average Bonchev–Trinajstić information content (AvgIpc) is 2.46. The number of anilines is 1. The van der Waals surface area contributed by atoms with E-state index >= 15 is 0 Å². The van der Waals surface area contributed by atoms with Gasteiger partial charge in [0.2, 0.25) is 5.95 Å². The Hall–Kier alpha value is -1.31. The van der Waals surface area contributed by atoms with Gasteiger partial charge in [0, 0.05) is 32.5 Å². The van der Waals surface area contributed by atoms with Crippen LogP contribution in [-0.2, 0) is 9.47 Å². The smallest absolute Gasteiger partial charge is 0.226 e. The molecule has 0 bridgehead atoms. The minimum Gasteiger partial charge on any atom is -0.388 e. The molecule has 1 heterocycles. The molecule has 20 heavy (non-hydrogen) atoms. The van der Waals surface area contributed by atoms with E-state index in [1.54, 1.807) is 12.3 Å². The Balaban J connectivity index is 2.73. The Kier molecular flexibility index (Phi) is 8.01. The van der Waals surface area contributed by atoms with Crippen LogP contribution in [0.2, 0.25) is 0 Å². The van der Waals surface area contributed by atoms with E-state index in [-0.39, 0.29) is 4.99 Å². The van der Waals surface area contributed by atoms with Crippen LogP contribution in [0.5, 0.6) is 0 Å². The highest BCUT2D eigenvalue weighted by Gasteiger charge is 2.11. The van der Waals surface area contributed by atoms with Crippen LogP contribution >= 0.6 is 12.2 Å². The van der Waals surface area contributed by atoms with E-state index in [4.69, 9.17) is 27.4 Å². The Morgan fingerprint density at radius 3 is 2.35 bits per heavy atom. The van der Waals surface area contributed by atoms with Gasteiger partial charge in [-0.25, -0.2) is 9.97 Å². The molecule has 0 amide bonds. The summed E-state index contributed by atoms with van der Waals surface area (Å²) >= 11 is 4.94. The van der Waals surface area contributed by atoms with Gasteiger partial charge in [0.15, 0.2) is 0 Å². The van der Waals surface area contributed by atoms with E-state index < -0.39 is 0 Å². The van der Waals surface area contributed by atoms with Crippen LogP contribution in [0.4, 0.5) is 5.95 Å². The second kappa shape index (κ2) is 9.57. The molecule has 7 heteroatoms. The van der Waals surface area contributed by atoms with Crippen LogP contribution < -0.4 is 10.6 Å². The van der Waals surface area contributed by atoms with Crippen LogP contribution in [0.3, 0.4) is 0 Å². The Morgan fingerprint density at radius 2 is 1.85 bits per heavy atom. The molecule has 0 atom stereocenters. The van der Waals surface area contributed by atoms with Gasteiger partial charge in [-0.2, -0.15) is 0 Å². The summed E-state index contributed by atoms with van der Waals surface area (Å²) in [5, 5.41) is 0. The van der Waals surface area contributed by atoms with Crippen LogP contribution in [0.25, 0.3) is 0 Å². The van der Waals surface area contributed by atoms with Gasteiger partial charge in [-0.15, -0.1) is 0 Å².